The summed E-state index contributed by atoms with van der Waals surface area (Å²) in [6, 6.07) is 0.487. The zero-order chi connectivity index (χ0) is 17.4. The number of carbonyl (C=O) groups excluding carboxylic acids is 1. The van der Waals surface area contributed by atoms with Crippen LogP contribution in [0, 0.1) is 6.92 Å². The number of likely N-dealkylation sites (tertiary alicyclic amines) is 1. The van der Waals surface area contributed by atoms with Crippen molar-refractivity contribution in [2.24, 2.45) is 0 Å². The number of nitrogens with zero attached hydrogens (tertiary/aromatic N) is 2. The van der Waals surface area contributed by atoms with Gasteiger partial charge < -0.3 is 14.8 Å². The summed E-state index contributed by atoms with van der Waals surface area (Å²) >= 11 is 0. The molecule has 6 nitrogen and oxygen atoms in total. The number of hydrogen-bond acceptors (Lipinski definition) is 5. The molecular formula is C19H29N3O3. The zero-order valence-corrected chi connectivity index (χ0v) is 15.0. The maximum atomic E-state index is 12.5. The molecule has 0 unspecified atom stereocenters. The molecule has 1 aromatic heterocycles. The van der Waals surface area contributed by atoms with Crippen LogP contribution in [0.3, 0.4) is 0 Å². The predicted octanol–water partition coefficient (Wildman–Crippen LogP) is 2.36. The first-order valence-electron chi connectivity index (χ1n) is 9.82. The van der Waals surface area contributed by atoms with Gasteiger partial charge >= 0.3 is 0 Å². The number of rotatable bonds is 4. The highest BCUT2D eigenvalue weighted by Gasteiger charge is 2.33. The van der Waals surface area contributed by atoms with Crippen molar-refractivity contribution in [3.05, 3.63) is 17.3 Å². The van der Waals surface area contributed by atoms with Crippen molar-refractivity contribution in [1.82, 2.24) is 15.2 Å². The molecule has 2 N–H and O–H groups in total. The van der Waals surface area contributed by atoms with Gasteiger partial charge in [0.25, 0.3) is 5.91 Å². The first kappa shape index (κ1) is 17.0. The molecule has 3 aliphatic rings. The van der Waals surface area contributed by atoms with Crippen molar-refractivity contribution in [3.8, 4) is 0 Å². The van der Waals surface area contributed by atoms with Gasteiger partial charge in [-0.3, -0.25) is 9.69 Å². The smallest absolute Gasteiger partial charge is 0.289 e. The molecule has 0 bridgehead atoms. The Morgan fingerprint density at radius 1 is 1.16 bits per heavy atom. The molecule has 2 atom stereocenters. The minimum atomic E-state index is -0.183. The summed E-state index contributed by atoms with van der Waals surface area (Å²) in [4.78, 5) is 19.3. The summed E-state index contributed by atoms with van der Waals surface area (Å²) in [5, 5.41) is 13.4. The Morgan fingerprint density at radius 2 is 1.88 bits per heavy atom. The van der Waals surface area contributed by atoms with Crippen LogP contribution in [0.2, 0.25) is 0 Å². The maximum Gasteiger partial charge on any atom is 0.289 e. The van der Waals surface area contributed by atoms with E-state index in [2.05, 4.69) is 15.2 Å². The third kappa shape index (κ3) is 3.75. The van der Waals surface area contributed by atoms with Gasteiger partial charge in [0.15, 0.2) is 5.89 Å². The van der Waals surface area contributed by atoms with Crippen LogP contribution in [0.4, 0.5) is 0 Å². The van der Waals surface area contributed by atoms with E-state index < -0.39 is 0 Å². The number of nitrogens with one attached hydrogen (secondary N) is 1. The van der Waals surface area contributed by atoms with Gasteiger partial charge in [-0.1, -0.05) is 12.8 Å². The quantitative estimate of drug-likeness (QED) is 0.874. The van der Waals surface area contributed by atoms with Crippen molar-refractivity contribution in [2.75, 3.05) is 13.1 Å². The van der Waals surface area contributed by atoms with Gasteiger partial charge in [0, 0.05) is 31.1 Å². The number of carbonyl (C=O) groups is 1. The average molecular weight is 347 g/mol. The van der Waals surface area contributed by atoms with E-state index in [1.165, 1.54) is 6.42 Å². The summed E-state index contributed by atoms with van der Waals surface area (Å²) in [6.45, 7) is 3.72. The van der Waals surface area contributed by atoms with E-state index in [1.54, 1.807) is 0 Å². The maximum absolute atomic E-state index is 12.5. The lowest BCUT2D eigenvalue weighted by molar-refractivity contribution is 0.00721. The normalized spacial score (nSPS) is 28.9. The topological polar surface area (TPSA) is 78.6 Å². The second kappa shape index (κ2) is 7.08. The Labute approximate surface area is 149 Å². The summed E-state index contributed by atoms with van der Waals surface area (Å²) in [7, 11) is 0. The monoisotopic (exact) mass is 347 g/mol. The largest absolute Gasteiger partial charge is 0.435 e. The van der Waals surface area contributed by atoms with E-state index in [4.69, 9.17) is 4.42 Å². The molecule has 1 aliphatic heterocycles. The number of oxazole rings is 1. The third-order valence-electron chi connectivity index (χ3n) is 5.97. The zero-order valence-electron chi connectivity index (χ0n) is 15.0. The fourth-order valence-corrected chi connectivity index (χ4v) is 4.28. The number of aliphatic hydroxyl groups excluding tert-OH is 1. The highest BCUT2D eigenvalue weighted by atomic mass is 16.4. The Morgan fingerprint density at radius 3 is 2.56 bits per heavy atom. The minimum Gasteiger partial charge on any atom is -0.435 e. The van der Waals surface area contributed by atoms with Crippen LogP contribution in [-0.4, -0.2) is 52.2 Å². The molecule has 25 heavy (non-hydrogen) atoms. The van der Waals surface area contributed by atoms with Crippen molar-refractivity contribution < 1.29 is 14.3 Å². The van der Waals surface area contributed by atoms with Crippen LogP contribution in [0.25, 0.3) is 0 Å². The highest BCUT2D eigenvalue weighted by Crippen LogP contribution is 2.40. The fraction of sp³-hybridized carbons (Fsp3) is 0.789. The molecule has 1 aromatic rings. The first-order valence-corrected chi connectivity index (χ1v) is 9.82. The summed E-state index contributed by atoms with van der Waals surface area (Å²) in [6.07, 6.45) is 8.29. The van der Waals surface area contributed by atoms with Gasteiger partial charge in [0.1, 0.15) is 0 Å². The number of aromatic nitrogens is 1. The molecule has 4 rings (SSSR count). The van der Waals surface area contributed by atoms with E-state index in [0.717, 1.165) is 63.9 Å². The SMILES string of the molecule is Cc1nc(C2CC2)oc1C(=O)NC1CCN([C@@H]2CCCC[C@@H]2O)CC1. The van der Waals surface area contributed by atoms with Crippen LogP contribution in [0.15, 0.2) is 4.42 Å². The number of aryl methyl sites for hydroxylation is 1. The Hall–Kier alpha value is -1.40. The minimum absolute atomic E-state index is 0.131. The van der Waals surface area contributed by atoms with Gasteiger partial charge in [-0.05, 0) is 45.4 Å². The van der Waals surface area contributed by atoms with Crippen molar-refractivity contribution >= 4 is 5.91 Å². The van der Waals surface area contributed by atoms with Crippen LogP contribution in [-0.2, 0) is 0 Å². The molecule has 0 radical (unpaired) electrons. The lowest BCUT2D eigenvalue weighted by atomic mass is 9.89. The Balaban J connectivity index is 1.30. The van der Waals surface area contributed by atoms with Crippen LogP contribution < -0.4 is 5.32 Å². The molecule has 3 fully saturated rings. The van der Waals surface area contributed by atoms with E-state index in [9.17, 15) is 9.90 Å². The van der Waals surface area contributed by atoms with Gasteiger partial charge in [0.05, 0.1) is 11.8 Å². The third-order valence-corrected chi connectivity index (χ3v) is 5.97. The van der Waals surface area contributed by atoms with Gasteiger partial charge in [0.2, 0.25) is 5.76 Å². The Bertz CT molecular complexity index is 617. The van der Waals surface area contributed by atoms with Gasteiger partial charge in [-0.2, -0.15) is 0 Å². The molecule has 138 valence electrons. The van der Waals surface area contributed by atoms with Crippen molar-refractivity contribution in [3.63, 3.8) is 0 Å². The standard InChI is InChI=1S/C19H29N3O3/c1-12-17(25-19(20-12)13-6-7-13)18(24)21-14-8-10-22(11-9-14)15-4-2-3-5-16(15)23/h13-16,23H,2-11H2,1H3,(H,21,24)/t15-,16+/m1/s1. The molecule has 2 aliphatic carbocycles. The molecule has 1 amide bonds. The average Bonchev–Trinajstić information content (AvgIpc) is 3.38. The van der Waals surface area contributed by atoms with E-state index in [0.29, 0.717) is 23.4 Å². The lowest BCUT2D eigenvalue weighted by Crippen LogP contribution is -2.52. The highest BCUT2D eigenvalue weighted by molar-refractivity contribution is 5.92. The number of hydrogen-bond donors (Lipinski definition) is 2. The van der Waals surface area contributed by atoms with Crippen molar-refractivity contribution in [1.29, 1.82) is 0 Å². The number of piperidine rings is 1. The molecule has 6 heteroatoms. The number of amides is 1. The van der Waals surface area contributed by atoms with Gasteiger partial charge in [-0.25, -0.2) is 4.98 Å². The summed E-state index contributed by atoms with van der Waals surface area (Å²) < 4.78 is 5.71. The van der Waals surface area contributed by atoms with E-state index in [1.807, 2.05) is 6.92 Å². The predicted molar refractivity (Wildman–Crippen MR) is 93.5 cm³/mol. The van der Waals surface area contributed by atoms with Crippen molar-refractivity contribution in [2.45, 2.75) is 82.4 Å². The first-order chi connectivity index (χ1) is 12.1. The van der Waals surface area contributed by atoms with Crippen LogP contribution in [0.5, 0.6) is 0 Å². The second-order valence-electron chi connectivity index (χ2n) is 7.94. The lowest BCUT2D eigenvalue weighted by Gasteiger charge is -2.41. The fourth-order valence-electron chi connectivity index (χ4n) is 4.28. The molecule has 2 saturated carbocycles. The molecule has 2 heterocycles. The van der Waals surface area contributed by atoms with Crippen LogP contribution >= 0.6 is 0 Å². The molecule has 1 saturated heterocycles. The Kier molecular flexibility index (Phi) is 4.82. The summed E-state index contributed by atoms with van der Waals surface area (Å²) in [5.41, 5.74) is 0.696. The second-order valence-corrected chi connectivity index (χ2v) is 7.94. The van der Waals surface area contributed by atoms with E-state index in [-0.39, 0.29) is 18.1 Å². The molecule has 0 aromatic carbocycles. The molecular weight excluding hydrogens is 318 g/mol. The van der Waals surface area contributed by atoms with Gasteiger partial charge in [-0.15, -0.1) is 0 Å². The van der Waals surface area contributed by atoms with Crippen LogP contribution in [0.1, 0.15) is 79.4 Å². The molecule has 0 spiro atoms. The summed E-state index contributed by atoms with van der Waals surface area (Å²) in [5.74, 6) is 1.40. The number of aliphatic hydroxyl groups is 1. The van der Waals surface area contributed by atoms with E-state index >= 15 is 0 Å².